The fraction of sp³-hybridized carbons (Fsp3) is 1.00. The molecule has 6 heteroatoms. The van der Waals surface area contributed by atoms with E-state index in [4.69, 9.17) is 9.84 Å². The third kappa shape index (κ3) is 11.6. The molecule has 1 N–H and O–H groups in total. The predicted molar refractivity (Wildman–Crippen MR) is 48.6 cm³/mol. The van der Waals surface area contributed by atoms with Crippen molar-refractivity contribution in [1.29, 1.82) is 0 Å². The molecule has 0 heterocycles. The summed E-state index contributed by atoms with van der Waals surface area (Å²) in [7, 11) is 0. The normalized spacial score (nSPS) is 14.2. The molecule has 3 nitrogen and oxygen atoms in total. The van der Waals surface area contributed by atoms with E-state index in [0.29, 0.717) is 6.61 Å². The van der Waals surface area contributed by atoms with E-state index in [1.165, 1.54) is 0 Å². The van der Waals surface area contributed by atoms with Crippen molar-refractivity contribution in [2.45, 2.75) is 32.0 Å². The number of ether oxygens (including phenoxy) is 2. The van der Waals surface area contributed by atoms with Crippen LogP contribution in [0.3, 0.4) is 0 Å². The lowest BCUT2D eigenvalue weighted by Gasteiger charge is -2.12. The van der Waals surface area contributed by atoms with Gasteiger partial charge < -0.3 is 14.6 Å². The van der Waals surface area contributed by atoms with Gasteiger partial charge in [-0.15, -0.1) is 0 Å². The Morgan fingerprint density at radius 2 is 1.80 bits per heavy atom. The summed E-state index contributed by atoms with van der Waals surface area (Å²) < 4.78 is 44.1. The molecule has 0 rings (SSSR count). The van der Waals surface area contributed by atoms with Crippen LogP contribution >= 0.6 is 0 Å². The maximum Gasteiger partial charge on any atom is 0.411 e. The summed E-state index contributed by atoms with van der Waals surface area (Å²) in [5.41, 5.74) is 0. The van der Waals surface area contributed by atoms with Gasteiger partial charge >= 0.3 is 6.18 Å². The Bertz CT molecular complexity index is 150. The Kier molecular flexibility index (Phi) is 7.72. The van der Waals surface area contributed by atoms with E-state index in [0.717, 1.165) is 12.8 Å². The first-order valence-electron chi connectivity index (χ1n) is 4.86. The molecule has 0 aliphatic rings. The molecule has 0 unspecified atom stereocenters. The van der Waals surface area contributed by atoms with Gasteiger partial charge in [0.15, 0.2) is 0 Å². The minimum absolute atomic E-state index is 0.0118. The summed E-state index contributed by atoms with van der Waals surface area (Å²) in [4.78, 5) is 0. The number of alkyl halides is 3. The Balaban J connectivity index is 3.29. The molecule has 0 saturated heterocycles. The van der Waals surface area contributed by atoms with Gasteiger partial charge in [0.1, 0.15) is 12.7 Å². The Morgan fingerprint density at radius 1 is 1.20 bits per heavy atom. The van der Waals surface area contributed by atoms with Gasteiger partial charge in [0, 0.05) is 6.61 Å². The average Bonchev–Trinajstić information content (AvgIpc) is 2.10. The molecule has 92 valence electrons. The smallest absolute Gasteiger partial charge is 0.388 e. The van der Waals surface area contributed by atoms with Crippen molar-refractivity contribution < 1.29 is 27.8 Å². The molecule has 1 atom stereocenters. The summed E-state index contributed by atoms with van der Waals surface area (Å²) >= 11 is 0. The van der Waals surface area contributed by atoms with Gasteiger partial charge in [-0.25, -0.2) is 0 Å². The minimum Gasteiger partial charge on any atom is -0.388 e. The van der Waals surface area contributed by atoms with Gasteiger partial charge in [-0.2, -0.15) is 13.2 Å². The summed E-state index contributed by atoms with van der Waals surface area (Å²) in [5.74, 6) is 0. The first-order valence-corrected chi connectivity index (χ1v) is 4.86. The minimum atomic E-state index is -4.34. The number of aliphatic hydroxyl groups is 1. The van der Waals surface area contributed by atoms with E-state index in [2.05, 4.69) is 4.74 Å². The molecule has 0 fully saturated rings. The average molecular weight is 230 g/mol. The number of aliphatic hydroxyl groups excluding tert-OH is 1. The maximum absolute atomic E-state index is 11.6. The largest absolute Gasteiger partial charge is 0.411 e. The SMILES string of the molecule is CCCCOC[C@@H](O)COCC(F)(F)F. The van der Waals surface area contributed by atoms with Crippen LogP contribution in [-0.2, 0) is 9.47 Å². The molecule has 0 aliphatic carbocycles. The fourth-order valence-electron chi connectivity index (χ4n) is 0.825. The standard InChI is InChI=1S/C9H17F3O3/c1-2-3-4-14-5-8(13)6-15-7-9(10,11)12/h8,13H,2-7H2,1H3/t8-/m1/s1. The monoisotopic (exact) mass is 230 g/mol. The number of rotatable bonds is 8. The molecule has 0 aromatic rings. The molecule has 0 saturated carbocycles. The van der Waals surface area contributed by atoms with Gasteiger partial charge in [-0.3, -0.25) is 0 Å². The van der Waals surface area contributed by atoms with E-state index in [1.807, 2.05) is 6.92 Å². The van der Waals surface area contributed by atoms with Gasteiger partial charge in [-0.05, 0) is 6.42 Å². The quantitative estimate of drug-likeness (QED) is 0.645. The van der Waals surface area contributed by atoms with Crippen molar-refractivity contribution in [2.75, 3.05) is 26.4 Å². The van der Waals surface area contributed by atoms with Crippen molar-refractivity contribution in [3.63, 3.8) is 0 Å². The molecule has 0 bridgehead atoms. The highest BCUT2D eigenvalue weighted by molar-refractivity contribution is 4.53. The number of unbranched alkanes of at least 4 members (excludes halogenated alkanes) is 1. The number of hydrogen-bond donors (Lipinski definition) is 1. The predicted octanol–water partition coefficient (Wildman–Crippen LogP) is 1.74. The van der Waals surface area contributed by atoms with Crippen LogP contribution in [0.4, 0.5) is 13.2 Å². The lowest BCUT2D eigenvalue weighted by atomic mass is 10.3. The summed E-state index contributed by atoms with van der Waals surface area (Å²) in [6.45, 7) is 0.821. The fourth-order valence-corrected chi connectivity index (χ4v) is 0.825. The van der Waals surface area contributed by atoms with Crippen LogP contribution in [0.2, 0.25) is 0 Å². The first kappa shape index (κ1) is 14.7. The molecular weight excluding hydrogens is 213 g/mol. The van der Waals surface area contributed by atoms with E-state index in [1.54, 1.807) is 0 Å². The topological polar surface area (TPSA) is 38.7 Å². The lowest BCUT2D eigenvalue weighted by Crippen LogP contribution is -2.26. The molecule has 0 radical (unpaired) electrons. The van der Waals surface area contributed by atoms with Gasteiger partial charge in [0.05, 0.1) is 13.2 Å². The van der Waals surface area contributed by atoms with Gasteiger partial charge in [-0.1, -0.05) is 13.3 Å². The van der Waals surface area contributed by atoms with E-state index < -0.39 is 18.9 Å². The van der Waals surface area contributed by atoms with Gasteiger partial charge in [0.25, 0.3) is 0 Å². The van der Waals surface area contributed by atoms with Crippen LogP contribution < -0.4 is 0 Å². The highest BCUT2D eigenvalue weighted by atomic mass is 19.4. The highest BCUT2D eigenvalue weighted by Gasteiger charge is 2.27. The van der Waals surface area contributed by atoms with E-state index in [9.17, 15) is 13.2 Å². The summed E-state index contributed by atoms with van der Waals surface area (Å²) in [6, 6.07) is 0. The second-order valence-electron chi connectivity index (χ2n) is 3.21. The van der Waals surface area contributed by atoms with Gasteiger partial charge in [0.2, 0.25) is 0 Å². The third-order valence-corrected chi connectivity index (χ3v) is 1.53. The number of halogens is 3. The second kappa shape index (κ2) is 7.90. The Morgan fingerprint density at radius 3 is 2.33 bits per heavy atom. The zero-order valence-electron chi connectivity index (χ0n) is 8.72. The second-order valence-corrected chi connectivity index (χ2v) is 3.21. The van der Waals surface area contributed by atoms with Crippen molar-refractivity contribution in [2.24, 2.45) is 0 Å². The van der Waals surface area contributed by atoms with E-state index >= 15 is 0 Å². The Labute approximate surface area is 87.2 Å². The summed E-state index contributed by atoms with van der Waals surface area (Å²) in [6.07, 6.45) is -3.50. The molecule has 0 spiro atoms. The third-order valence-electron chi connectivity index (χ3n) is 1.53. The van der Waals surface area contributed by atoms with Crippen molar-refractivity contribution in [3.8, 4) is 0 Å². The molecule has 0 aromatic carbocycles. The highest BCUT2D eigenvalue weighted by Crippen LogP contribution is 2.14. The van der Waals surface area contributed by atoms with Crippen molar-refractivity contribution in [1.82, 2.24) is 0 Å². The van der Waals surface area contributed by atoms with Crippen LogP contribution in [0.5, 0.6) is 0 Å². The maximum atomic E-state index is 11.6. The van der Waals surface area contributed by atoms with E-state index in [-0.39, 0.29) is 13.2 Å². The molecule has 0 amide bonds. The first-order chi connectivity index (χ1) is 6.95. The Hall–Kier alpha value is -0.330. The molecule has 0 aliphatic heterocycles. The summed E-state index contributed by atoms with van der Waals surface area (Å²) in [5, 5.41) is 9.13. The van der Waals surface area contributed by atoms with Crippen molar-refractivity contribution >= 4 is 0 Å². The zero-order chi connectivity index (χ0) is 11.7. The lowest BCUT2D eigenvalue weighted by molar-refractivity contribution is -0.180. The molecule has 0 aromatic heterocycles. The zero-order valence-corrected chi connectivity index (χ0v) is 8.72. The van der Waals surface area contributed by atoms with Crippen LogP contribution in [0.1, 0.15) is 19.8 Å². The van der Waals surface area contributed by atoms with Crippen molar-refractivity contribution in [3.05, 3.63) is 0 Å². The van der Waals surface area contributed by atoms with Crippen LogP contribution in [-0.4, -0.2) is 43.8 Å². The molecule has 15 heavy (non-hydrogen) atoms. The van der Waals surface area contributed by atoms with Crippen LogP contribution in [0, 0.1) is 0 Å². The van der Waals surface area contributed by atoms with Crippen LogP contribution in [0.25, 0.3) is 0 Å². The molecular formula is C9H17F3O3. The van der Waals surface area contributed by atoms with Crippen LogP contribution in [0.15, 0.2) is 0 Å². The number of hydrogen-bond acceptors (Lipinski definition) is 3.